The van der Waals surface area contributed by atoms with Gasteiger partial charge in [-0.2, -0.15) is 0 Å². The van der Waals surface area contributed by atoms with Crippen molar-refractivity contribution in [3.63, 3.8) is 0 Å². The van der Waals surface area contributed by atoms with Crippen LogP contribution in [0.1, 0.15) is 19.8 Å². The van der Waals surface area contributed by atoms with Gasteiger partial charge in [0.05, 0.1) is 12.9 Å². The summed E-state index contributed by atoms with van der Waals surface area (Å²) in [6.45, 7) is 2.77. The first-order valence-electron chi connectivity index (χ1n) is 9.88. The van der Waals surface area contributed by atoms with E-state index in [9.17, 15) is 4.79 Å². The van der Waals surface area contributed by atoms with Crippen molar-refractivity contribution in [2.75, 3.05) is 19.4 Å². The van der Waals surface area contributed by atoms with E-state index >= 15 is 0 Å². The molecule has 0 N–H and O–H groups in total. The Morgan fingerprint density at radius 3 is 2.47 bits per heavy atom. The lowest BCUT2D eigenvalue weighted by atomic mass is 10.2. The van der Waals surface area contributed by atoms with E-state index in [1.807, 2.05) is 64.9 Å². The highest BCUT2D eigenvalue weighted by atomic mass is 35.5. The highest BCUT2D eigenvalue weighted by molar-refractivity contribution is 7.99. The van der Waals surface area contributed by atoms with E-state index in [2.05, 4.69) is 10.2 Å². The molecule has 4 rings (SSSR count). The van der Waals surface area contributed by atoms with Gasteiger partial charge in [-0.1, -0.05) is 23.4 Å². The number of thioether (sulfide) groups is 1. The van der Waals surface area contributed by atoms with Crippen LogP contribution in [0.25, 0.3) is 17.1 Å². The van der Waals surface area contributed by atoms with E-state index in [0.29, 0.717) is 27.8 Å². The molecule has 1 aliphatic carbocycles. The van der Waals surface area contributed by atoms with Gasteiger partial charge < -0.3 is 9.64 Å². The Morgan fingerprint density at radius 1 is 1.17 bits per heavy atom. The smallest absolute Gasteiger partial charge is 0.233 e. The molecule has 0 atom stereocenters. The maximum absolute atomic E-state index is 12.7. The monoisotopic (exact) mass is 442 g/mol. The molecule has 3 aromatic rings. The molecular formula is C22H23ClN4O2S. The van der Waals surface area contributed by atoms with Gasteiger partial charge in [-0.05, 0) is 68.3 Å². The fourth-order valence-corrected chi connectivity index (χ4v) is 4.31. The number of hydrogen-bond acceptors (Lipinski definition) is 5. The van der Waals surface area contributed by atoms with E-state index in [4.69, 9.17) is 16.3 Å². The highest BCUT2D eigenvalue weighted by Gasteiger charge is 2.31. The number of nitrogens with zero attached hydrogens (tertiary/aromatic N) is 4. The van der Waals surface area contributed by atoms with Crippen LogP contribution in [0, 0.1) is 0 Å². The number of methoxy groups -OCH3 is 1. The van der Waals surface area contributed by atoms with Gasteiger partial charge in [-0.3, -0.25) is 9.36 Å². The molecule has 1 aromatic heterocycles. The van der Waals surface area contributed by atoms with Crippen molar-refractivity contribution < 1.29 is 9.53 Å². The zero-order chi connectivity index (χ0) is 21.1. The van der Waals surface area contributed by atoms with Crippen LogP contribution in [-0.2, 0) is 4.79 Å². The number of hydrogen-bond donors (Lipinski definition) is 0. The number of benzene rings is 2. The normalized spacial score (nSPS) is 13.3. The third-order valence-corrected chi connectivity index (χ3v) is 6.21. The molecule has 0 unspecified atom stereocenters. The molecule has 8 heteroatoms. The number of aromatic nitrogens is 3. The summed E-state index contributed by atoms with van der Waals surface area (Å²) in [5.74, 6) is 1.95. The fourth-order valence-electron chi connectivity index (χ4n) is 3.35. The van der Waals surface area contributed by atoms with Crippen molar-refractivity contribution in [1.82, 2.24) is 19.7 Å². The standard InChI is InChI=1S/C22H23ClN4O2S/c1-3-26(17-10-11-17)20(28)14-30-22-25-24-21(15-4-12-19(29-2)13-5-15)27(22)18-8-6-16(23)7-9-18/h4-9,12-13,17H,3,10-11,14H2,1-2H3. The van der Waals surface area contributed by atoms with Crippen molar-refractivity contribution in [2.45, 2.75) is 31.0 Å². The Labute approximate surface area is 185 Å². The molecule has 1 aliphatic rings. The third-order valence-electron chi connectivity index (χ3n) is 5.04. The first kappa shape index (κ1) is 20.8. The molecule has 1 saturated carbocycles. The summed E-state index contributed by atoms with van der Waals surface area (Å²) >= 11 is 7.49. The van der Waals surface area contributed by atoms with Gasteiger partial charge in [0.2, 0.25) is 5.91 Å². The van der Waals surface area contributed by atoms with Gasteiger partial charge in [-0.15, -0.1) is 10.2 Å². The number of carbonyl (C=O) groups is 1. The zero-order valence-electron chi connectivity index (χ0n) is 16.9. The van der Waals surface area contributed by atoms with Gasteiger partial charge in [-0.25, -0.2) is 0 Å². The minimum atomic E-state index is 0.140. The van der Waals surface area contributed by atoms with Gasteiger partial charge >= 0.3 is 0 Å². The van der Waals surface area contributed by atoms with E-state index in [1.165, 1.54) is 11.8 Å². The molecule has 0 spiro atoms. The van der Waals surface area contributed by atoms with Gasteiger partial charge in [0.15, 0.2) is 11.0 Å². The van der Waals surface area contributed by atoms with Crippen LogP contribution in [0.4, 0.5) is 0 Å². The molecule has 2 aromatic carbocycles. The number of rotatable bonds is 8. The number of ether oxygens (including phenoxy) is 1. The number of carbonyl (C=O) groups excluding carboxylic acids is 1. The molecule has 0 saturated heterocycles. The van der Waals surface area contributed by atoms with E-state index in [0.717, 1.165) is 36.4 Å². The summed E-state index contributed by atoms with van der Waals surface area (Å²) < 4.78 is 7.22. The summed E-state index contributed by atoms with van der Waals surface area (Å²) in [6.07, 6.45) is 2.21. The molecule has 156 valence electrons. The van der Waals surface area contributed by atoms with Crippen molar-refractivity contribution >= 4 is 29.3 Å². The largest absolute Gasteiger partial charge is 0.497 e. The molecule has 6 nitrogen and oxygen atoms in total. The second-order valence-electron chi connectivity index (χ2n) is 7.05. The molecule has 0 bridgehead atoms. The van der Waals surface area contributed by atoms with Crippen LogP contribution in [0.3, 0.4) is 0 Å². The minimum absolute atomic E-state index is 0.140. The van der Waals surface area contributed by atoms with E-state index in [1.54, 1.807) is 7.11 Å². The molecular weight excluding hydrogens is 420 g/mol. The maximum Gasteiger partial charge on any atom is 0.233 e. The molecule has 0 aliphatic heterocycles. The summed E-state index contributed by atoms with van der Waals surface area (Å²) in [7, 11) is 1.64. The number of amides is 1. The Bertz CT molecular complexity index is 1020. The zero-order valence-corrected chi connectivity index (χ0v) is 18.5. The average molecular weight is 443 g/mol. The first-order valence-corrected chi connectivity index (χ1v) is 11.2. The molecule has 1 heterocycles. The van der Waals surface area contributed by atoms with Crippen molar-refractivity contribution in [3.05, 3.63) is 53.6 Å². The van der Waals surface area contributed by atoms with Gasteiger partial charge in [0.25, 0.3) is 0 Å². The minimum Gasteiger partial charge on any atom is -0.497 e. The van der Waals surface area contributed by atoms with E-state index in [-0.39, 0.29) is 5.91 Å². The van der Waals surface area contributed by atoms with Crippen LogP contribution in [0.5, 0.6) is 5.75 Å². The van der Waals surface area contributed by atoms with Crippen LogP contribution in [0.15, 0.2) is 53.7 Å². The third kappa shape index (κ3) is 4.47. The Morgan fingerprint density at radius 2 is 1.87 bits per heavy atom. The molecule has 0 radical (unpaired) electrons. The van der Waals surface area contributed by atoms with Crippen LogP contribution in [-0.4, -0.2) is 51.0 Å². The van der Waals surface area contributed by atoms with Crippen LogP contribution < -0.4 is 4.74 Å². The molecule has 30 heavy (non-hydrogen) atoms. The van der Waals surface area contributed by atoms with Crippen molar-refractivity contribution in [1.29, 1.82) is 0 Å². The summed E-state index contributed by atoms with van der Waals surface area (Å²) in [4.78, 5) is 14.6. The predicted molar refractivity (Wildman–Crippen MR) is 119 cm³/mol. The lowest BCUT2D eigenvalue weighted by Crippen LogP contribution is -2.34. The Balaban J connectivity index is 1.65. The Kier molecular flexibility index (Phi) is 6.29. The van der Waals surface area contributed by atoms with E-state index < -0.39 is 0 Å². The lowest BCUT2D eigenvalue weighted by molar-refractivity contribution is -0.128. The van der Waals surface area contributed by atoms with Crippen LogP contribution in [0.2, 0.25) is 5.02 Å². The second-order valence-corrected chi connectivity index (χ2v) is 8.43. The van der Waals surface area contributed by atoms with Crippen LogP contribution >= 0.6 is 23.4 Å². The lowest BCUT2D eigenvalue weighted by Gasteiger charge is -2.20. The SMILES string of the molecule is CCN(C(=O)CSc1nnc(-c2ccc(OC)cc2)n1-c1ccc(Cl)cc1)C1CC1. The highest BCUT2D eigenvalue weighted by Crippen LogP contribution is 2.31. The Hall–Kier alpha value is -2.51. The van der Waals surface area contributed by atoms with Gasteiger partial charge in [0, 0.05) is 28.9 Å². The number of halogens is 1. The fraction of sp³-hybridized carbons (Fsp3) is 0.318. The molecule has 1 amide bonds. The summed E-state index contributed by atoms with van der Waals surface area (Å²) in [6, 6.07) is 15.6. The summed E-state index contributed by atoms with van der Waals surface area (Å²) in [5.41, 5.74) is 1.80. The maximum atomic E-state index is 12.7. The first-order chi connectivity index (χ1) is 14.6. The molecule has 1 fully saturated rings. The average Bonchev–Trinajstić information content (AvgIpc) is 3.52. The second kappa shape index (κ2) is 9.10. The quantitative estimate of drug-likeness (QED) is 0.473. The van der Waals surface area contributed by atoms with Crippen molar-refractivity contribution in [3.8, 4) is 22.8 Å². The van der Waals surface area contributed by atoms with Crippen molar-refractivity contribution in [2.24, 2.45) is 0 Å². The topological polar surface area (TPSA) is 60.3 Å². The predicted octanol–water partition coefficient (Wildman–Crippen LogP) is 4.70. The summed E-state index contributed by atoms with van der Waals surface area (Å²) in [5, 5.41) is 10.1. The van der Waals surface area contributed by atoms with Gasteiger partial charge in [0.1, 0.15) is 5.75 Å².